The molecule has 1 heterocycles. The van der Waals surface area contributed by atoms with Crippen molar-refractivity contribution in [3.63, 3.8) is 0 Å². The van der Waals surface area contributed by atoms with Gasteiger partial charge in [-0.3, -0.25) is 0 Å². The van der Waals surface area contributed by atoms with Gasteiger partial charge in [0.2, 0.25) is 0 Å². The van der Waals surface area contributed by atoms with Crippen LogP contribution in [-0.4, -0.2) is 15.1 Å². The van der Waals surface area contributed by atoms with E-state index in [0.717, 1.165) is 6.07 Å². The lowest BCUT2D eigenvalue weighted by molar-refractivity contribution is -0.152. The Labute approximate surface area is 142 Å². The molecule has 2 aromatic rings. The Kier molecular flexibility index (Phi) is 5.09. The summed E-state index contributed by atoms with van der Waals surface area (Å²) in [4.78, 5) is -0.223. The summed E-state index contributed by atoms with van der Waals surface area (Å²) in [6.45, 7) is 5.98. The summed E-state index contributed by atoms with van der Waals surface area (Å²) >= 11 is 0.588. The van der Waals surface area contributed by atoms with Gasteiger partial charge in [0.1, 0.15) is 17.7 Å². The molecular weight excluding hydrogens is 369 g/mol. The third-order valence-electron chi connectivity index (χ3n) is 3.36. The van der Waals surface area contributed by atoms with E-state index in [0.29, 0.717) is 17.4 Å². The molecule has 0 spiro atoms. The van der Waals surface area contributed by atoms with Crippen LogP contribution in [0, 0.1) is 18.6 Å². The van der Waals surface area contributed by atoms with Gasteiger partial charge in [-0.1, -0.05) is 0 Å². The Morgan fingerprint density at radius 2 is 1.75 bits per heavy atom. The third kappa shape index (κ3) is 3.78. The zero-order valence-electron chi connectivity index (χ0n) is 13.3. The Morgan fingerprint density at radius 1 is 1.17 bits per heavy atom. The lowest BCUT2D eigenvalue weighted by Crippen LogP contribution is -2.41. The van der Waals surface area contributed by atoms with Gasteiger partial charge in [0.15, 0.2) is 0 Å². The number of alkyl halides is 3. The van der Waals surface area contributed by atoms with Crippen LogP contribution >= 0.6 is 11.3 Å². The highest BCUT2D eigenvalue weighted by Crippen LogP contribution is 2.43. The smallest absolute Gasteiger partial charge is 0.242 e. The number of fused-ring (bicyclic) bond motifs is 1. The number of nitrogens with one attached hydrogen (secondary N) is 1. The average Bonchev–Trinajstić information content (AvgIpc) is 2.71. The van der Waals surface area contributed by atoms with Crippen molar-refractivity contribution in [1.29, 1.82) is 0 Å². The van der Waals surface area contributed by atoms with E-state index < -0.39 is 39.6 Å². The second-order valence-electron chi connectivity index (χ2n) is 6.33. The highest BCUT2D eigenvalue weighted by Gasteiger charge is 2.45. The standard InChI is InChI=1S/C15H16F5NOS2/c1-7-9-5-8(16)6-10(17)12(9)23-11(7)13(15(18,19)20)21-24(22)14(2,3)4/h5-6,13,21H,1-4H3. The number of hydrogen-bond acceptors (Lipinski definition) is 2. The summed E-state index contributed by atoms with van der Waals surface area (Å²) in [7, 11) is -1.99. The molecule has 2 atom stereocenters. The molecule has 24 heavy (non-hydrogen) atoms. The molecule has 9 heteroatoms. The van der Waals surface area contributed by atoms with Gasteiger partial charge in [-0.25, -0.2) is 17.7 Å². The van der Waals surface area contributed by atoms with Crippen LogP contribution in [0.1, 0.15) is 37.3 Å². The number of hydrogen-bond donors (Lipinski definition) is 1. The average molecular weight is 385 g/mol. The zero-order valence-corrected chi connectivity index (χ0v) is 15.0. The molecule has 2 unspecified atom stereocenters. The summed E-state index contributed by atoms with van der Waals surface area (Å²) in [5, 5.41) is 0.0880. The second kappa shape index (κ2) is 6.34. The Hall–Kier alpha value is -1.06. The second-order valence-corrected chi connectivity index (χ2v) is 9.38. The van der Waals surface area contributed by atoms with Gasteiger partial charge in [-0.05, 0) is 39.3 Å². The number of thiophene rings is 1. The minimum Gasteiger partial charge on any atom is -0.242 e. The topological polar surface area (TPSA) is 29.1 Å². The predicted molar refractivity (Wildman–Crippen MR) is 86.3 cm³/mol. The van der Waals surface area contributed by atoms with Gasteiger partial charge >= 0.3 is 6.18 Å². The van der Waals surface area contributed by atoms with Crippen molar-refractivity contribution in [3.05, 3.63) is 34.2 Å². The lowest BCUT2D eigenvalue weighted by atomic mass is 10.1. The predicted octanol–water partition coefficient (Wildman–Crippen LogP) is 5.14. The van der Waals surface area contributed by atoms with Gasteiger partial charge in [0, 0.05) is 16.3 Å². The minimum atomic E-state index is -4.73. The van der Waals surface area contributed by atoms with Crippen LogP contribution in [0.5, 0.6) is 0 Å². The van der Waals surface area contributed by atoms with Crippen molar-refractivity contribution in [2.75, 3.05) is 0 Å². The van der Waals surface area contributed by atoms with E-state index in [1.807, 2.05) is 0 Å². The largest absolute Gasteiger partial charge is 0.409 e. The first-order chi connectivity index (χ1) is 10.8. The fraction of sp³-hybridized carbons (Fsp3) is 0.467. The number of benzene rings is 1. The summed E-state index contributed by atoms with van der Waals surface area (Å²) in [5.41, 5.74) is 0.120. The van der Waals surface area contributed by atoms with Gasteiger partial charge < -0.3 is 0 Å². The van der Waals surface area contributed by atoms with Crippen molar-refractivity contribution in [2.45, 2.75) is 44.7 Å². The monoisotopic (exact) mass is 385 g/mol. The van der Waals surface area contributed by atoms with E-state index in [2.05, 4.69) is 4.72 Å². The number of rotatable bonds is 3. The van der Waals surface area contributed by atoms with Crippen LogP contribution in [-0.2, 0) is 11.0 Å². The molecule has 0 radical (unpaired) electrons. The first-order valence-corrected chi connectivity index (χ1v) is 8.92. The molecule has 0 aliphatic carbocycles. The van der Waals surface area contributed by atoms with Gasteiger partial charge in [0.25, 0.3) is 0 Å². The minimum absolute atomic E-state index is 0.0542. The van der Waals surface area contributed by atoms with Crippen LogP contribution in [0.4, 0.5) is 22.0 Å². The molecule has 2 rings (SSSR count). The molecule has 0 fully saturated rings. The van der Waals surface area contributed by atoms with Crippen LogP contribution in [0.15, 0.2) is 12.1 Å². The molecule has 0 aliphatic rings. The molecule has 0 bridgehead atoms. The van der Waals surface area contributed by atoms with E-state index in [9.17, 15) is 26.2 Å². The fourth-order valence-electron chi connectivity index (χ4n) is 2.09. The van der Waals surface area contributed by atoms with Crippen LogP contribution < -0.4 is 4.72 Å². The molecule has 1 N–H and O–H groups in total. The molecule has 1 aromatic carbocycles. The zero-order chi connectivity index (χ0) is 18.4. The highest BCUT2D eigenvalue weighted by molar-refractivity contribution is 7.84. The Balaban J connectivity index is 2.59. The van der Waals surface area contributed by atoms with Crippen molar-refractivity contribution in [1.82, 2.24) is 4.72 Å². The SMILES string of the molecule is Cc1c(C(NS(=O)C(C)(C)C)C(F)(F)F)sc2c(F)cc(F)cc12. The molecule has 2 nitrogen and oxygen atoms in total. The molecular formula is C15H16F5NOS2. The van der Waals surface area contributed by atoms with E-state index in [1.54, 1.807) is 0 Å². The van der Waals surface area contributed by atoms with Gasteiger partial charge in [-0.2, -0.15) is 13.2 Å². The molecule has 0 saturated heterocycles. The Bertz CT molecular complexity index is 792. The number of halogens is 5. The van der Waals surface area contributed by atoms with Crippen LogP contribution in [0.2, 0.25) is 0 Å². The van der Waals surface area contributed by atoms with Crippen molar-refractivity contribution < 1.29 is 26.2 Å². The molecule has 0 amide bonds. The third-order valence-corrected chi connectivity index (χ3v) is 6.31. The van der Waals surface area contributed by atoms with Gasteiger partial charge in [-0.15, -0.1) is 11.3 Å². The molecule has 0 saturated carbocycles. The molecule has 0 aliphatic heterocycles. The molecule has 1 aromatic heterocycles. The number of aryl methyl sites for hydroxylation is 1. The fourth-order valence-corrected chi connectivity index (χ4v) is 4.26. The maximum absolute atomic E-state index is 13.9. The van der Waals surface area contributed by atoms with Gasteiger partial charge in [0.05, 0.1) is 20.4 Å². The van der Waals surface area contributed by atoms with Crippen LogP contribution in [0.3, 0.4) is 0 Å². The highest BCUT2D eigenvalue weighted by atomic mass is 32.2. The van der Waals surface area contributed by atoms with Crippen molar-refractivity contribution >= 4 is 32.4 Å². The maximum Gasteiger partial charge on any atom is 0.409 e. The Morgan fingerprint density at radius 3 is 2.25 bits per heavy atom. The normalized spacial score (nSPS) is 15.7. The maximum atomic E-state index is 13.9. The summed E-state index contributed by atoms with van der Waals surface area (Å²) in [5.74, 6) is -1.77. The lowest BCUT2D eigenvalue weighted by Gasteiger charge is -2.25. The van der Waals surface area contributed by atoms with E-state index in [-0.39, 0.29) is 20.5 Å². The summed E-state index contributed by atoms with van der Waals surface area (Å²) in [6, 6.07) is -0.592. The van der Waals surface area contributed by atoms with E-state index in [1.165, 1.54) is 27.7 Å². The summed E-state index contributed by atoms with van der Waals surface area (Å²) < 4.78 is 80.9. The quantitative estimate of drug-likeness (QED) is 0.728. The van der Waals surface area contributed by atoms with E-state index in [4.69, 9.17) is 0 Å². The summed E-state index contributed by atoms with van der Waals surface area (Å²) in [6.07, 6.45) is -4.73. The first-order valence-electron chi connectivity index (χ1n) is 6.95. The molecule has 134 valence electrons. The van der Waals surface area contributed by atoms with E-state index >= 15 is 0 Å². The van der Waals surface area contributed by atoms with Crippen LogP contribution in [0.25, 0.3) is 10.1 Å². The van der Waals surface area contributed by atoms with Crippen molar-refractivity contribution in [2.24, 2.45) is 0 Å². The van der Waals surface area contributed by atoms with Crippen molar-refractivity contribution in [3.8, 4) is 0 Å². The first kappa shape index (κ1) is 19.3.